The van der Waals surface area contributed by atoms with Crippen LogP contribution < -0.4 is 10.6 Å². The van der Waals surface area contributed by atoms with Gasteiger partial charge in [-0.05, 0) is 37.3 Å². The van der Waals surface area contributed by atoms with E-state index in [0.717, 1.165) is 39.0 Å². The summed E-state index contributed by atoms with van der Waals surface area (Å²) in [6.45, 7) is 12.0. The van der Waals surface area contributed by atoms with Crippen molar-refractivity contribution in [2.45, 2.75) is 47.0 Å². The van der Waals surface area contributed by atoms with Crippen LogP contribution in [-0.2, 0) is 9.59 Å². The standard InChI is InChI=1S/C16H31N3O2.ClH/c1-5-17-11-13-6-8-19(9-7-13)15(21)12-18-14(20)10-16(2,3)4;/h13,17H,5-12H2,1-4H3,(H,18,20);1H. The van der Waals surface area contributed by atoms with Crippen molar-refractivity contribution >= 4 is 24.2 Å². The molecule has 0 atom stereocenters. The van der Waals surface area contributed by atoms with Crippen molar-refractivity contribution in [2.75, 3.05) is 32.7 Å². The van der Waals surface area contributed by atoms with Gasteiger partial charge in [0.25, 0.3) is 0 Å². The van der Waals surface area contributed by atoms with Crippen LogP contribution in [0.2, 0.25) is 0 Å². The first-order valence-corrected chi connectivity index (χ1v) is 8.07. The number of rotatable bonds is 6. The zero-order valence-electron chi connectivity index (χ0n) is 14.4. The van der Waals surface area contributed by atoms with E-state index < -0.39 is 0 Å². The van der Waals surface area contributed by atoms with Gasteiger partial charge < -0.3 is 15.5 Å². The van der Waals surface area contributed by atoms with Gasteiger partial charge in [0.15, 0.2) is 0 Å². The molecule has 5 nitrogen and oxygen atoms in total. The average Bonchev–Trinajstić information content (AvgIpc) is 2.41. The van der Waals surface area contributed by atoms with E-state index in [4.69, 9.17) is 0 Å². The first-order chi connectivity index (χ1) is 9.81. The number of amides is 2. The van der Waals surface area contributed by atoms with Gasteiger partial charge in [-0.2, -0.15) is 0 Å². The minimum absolute atomic E-state index is 0. The van der Waals surface area contributed by atoms with Gasteiger partial charge in [0, 0.05) is 19.5 Å². The molecule has 1 aliphatic heterocycles. The summed E-state index contributed by atoms with van der Waals surface area (Å²) in [6, 6.07) is 0. The highest BCUT2D eigenvalue weighted by atomic mass is 35.5. The van der Waals surface area contributed by atoms with E-state index in [1.54, 1.807) is 0 Å². The lowest BCUT2D eigenvalue weighted by Crippen LogP contribution is -2.45. The Labute approximate surface area is 141 Å². The Morgan fingerprint density at radius 2 is 1.77 bits per heavy atom. The Hall–Kier alpha value is -0.810. The van der Waals surface area contributed by atoms with Crippen LogP contribution in [0.5, 0.6) is 0 Å². The van der Waals surface area contributed by atoms with Crippen LogP contribution in [0.15, 0.2) is 0 Å². The Kier molecular flexibility index (Phi) is 9.69. The van der Waals surface area contributed by atoms with E-state index in [-0.39, 0.29) is 36.2 Å². The Morgan fingerprint density at radius 1 is 1.18 bits per heavy atom. The average molecular weight is 334 g/mol. The molecule has 0 bridgehead atoms. The number of carbonyl (C=O) groups excluding carboxylic acids is 2. The van der Waals surface area contributed by atoms with Crippen LogP contribution in [0.4, 0.5) is 0 Å². The van der Waals surface area contributed by atoms with Crippen molar-refractivity contribution < 1.29 is 9.59 Å². The molecule has 1 aliphatic rings. The van der Waals surface area contributed by atoms with E-state index in [2.05, 4.69) is 17.6 Å². The molecule has 0 aromatic carbocycles. The van der Waals surface area contributed by atoms with E-state index in [1.165, 1.54) is 0 Å². The number of nitrogens with zero attached hydrogens (tertiary/aromatic N) is 1. The van der Waals surface area contributed by atoms with Crippen molar-refractivity contribution in [1.82, 2.24) is 15.5 Å². The SMILES string of the molecule is CCNCC1CCN(C(=O)CNC(=O)CC(C)(C)C)CC1.Cl. The molecule has 130 valence electrons. The maximum absolute atomic E-state index is 12.1. The van der Waals surface area contributed by atoms with Crippen molar-refractivity contribution in [1.29, 1.82) is 0 Å². The number of nitrogens with one attached hydrogen (secondary N) is 2. The second kappa shape index (κ2) is 10.1. The topological polar surface area (TPSA) is 61.4 Å². The molecule has 6 heteroatoms. The molecule has 1 rings (SSSR count). The van der Waals surface area contributed by atoms with Gasteiger partial charge in [0.1, 0.15) is 0 Å². The molecular formula is C16H32ClN3O2. The summed E-state index contributed by atoms with van der Waals surface area (Å²) in [5.74, 6) is 0.668. The van der Waals surface area contributed by atoms with Crippen molar-refractivity contribution in [3.05, 3.63) is 0 Å². The lowest BCUT2D eigenvalue weighted by Gasteiger charge is -2.32. The van der Waals surface area contributed by atoms with Crippen LogP contribution in [0, 0.1) is 11.3 Å². The first kappa shape index (κ1) is 21.2. The fourth-order valence-electron chi connectivity index (χ4n) is 2.57. The minimum Gasteiger partial charge on any atom is -0.347 e. The van der Waals surface area contributed by atoms with Gasteiger partial charge in [0.2, 0.25) is 11.8 Å². The summed E-state index contributed by atoms with van der Waals surface area (Å²) < 4.78 is 0. The zero-order chi connectivity index (χ0) is 15.9. The highest BCUT2D eigenvalue weighted by Gasteiger charge is 2.23. The largest absolute Gasteiger partial charge is 0.347 e. The molecule has 0 aromatic heterocycles. The zero-order valence-corrected chi connectivity index (χ0v) is 15.2. The minimum atomic E-state index is -0.0439. The molecule has 0 radical (unpaired) electrons. The third kappa shape index (κ3) is 8.59. The predicted molar refractivity (Wildman–Crippen MR) is 92.2 cm³/mol. The molecule has 1 heterocycles. The number of halogens is 1. The molecule has 0 saturated carbocycles. The fraction of sp³-hybridized carbons (Fsp3) is 0.875. The van der Waals surface area contributed by atoms with Crippen molar-refractivity contribution in [3.63, 3.8) is 0 Å². The summed E-state index contributed by atoms with van der Waals surface area (Å²) in [5, 5.41) is 6.10. The maximum atomic E-state index is 12.1. The summed E-state index contributed by atoms with van der Waals surface area (Å²) >= 11 is 0. The molecular weight excluding hydrogens is 302 g/mol. The van der Waals surface area contributed by atoms with Crippen LogP contribution in [0.1, 0.15) is 47.0 Å². The van der Waals surface area contributed by atoms with Gasteiger partial charge in [0.05, 0.1) is 6.54 Å². The molecule has 22 heavy (non-hydrogen) atoms. The fourth-order valence-corrected chi connectivity index (χ4v) is 2.57. The van der Waals surface area contributed by atoms with Crippen LogP contribution in [0.25, 0.3) is 0 Å². The van der Waals surface area contributed by atoms with Crippen molar-refractivity contribution in [2.24, 2.45) is 11.3 Å². The maximum Gasteiger partial charge on any atom is 0.241 e. The van der Waals surface area contributed by atoms with E-state index >= 15 is 0 Å². The highest BCUT2D eigenvalue weighted by molar-refractivity contribution is 5.85. The second-order valence-electron chi connectivity index (χ2n) is 7.15. The third-order valence-corrected chi connectivity index (χ3v) is 3.78. The van der Waals surface area contributed by atoms with E-state index in [1.807, 2.05) is 25.7 Å². The molecule has 0 aliphatic carbocycles. The van der Waals surface area contributed by atoms with Gasteiger partial charge in [-0.25, -0.2) is 0 Å². The Morgan fingerprint density at radius 3 is 2.27 bits per heavy atom. The van der Waals surface area contributed by atoms with Gasteiger partial charge in [-0.1, -0.05) is 27.7 Å². The lowest BCUT2D eigenvalue weighted by molar-refractivity contribution is -0.134. The van der Waals surface area contributed by atoms with Gasteiger partial charge in [-0.15, -0.1) is 12.4 Å². The number of hydrogen-bond acceptors (Lipinski definition) is 3. The van der Waals surface area contributed by atoms with Crippen molar-refractivity contribution in [3.8, 4) is 0 Å². The highest BCUT2D eigenvalue weighted by Crippen LogP contribution is 2.18. The predicted octanol–water partition coefficient (Wildman–Crippen LogP) is 1.81. The molecule has 0 aromatic rings. The number of likely N-dealkylation sites (tertiary alicyclic amines) is 1. The van der Waals surface area contributed by atoms with E-state index in [9.17, 15) is 9.59 Å². The molecule has 2 amide bonds. The van der Waals surface area contributed by atoms with Gasteiger partial charge in [-0.3, -0.25) is 9.59 Å². The lowest BCUT2D eigenvalue weighted by atomic mass is 9.92. The van der Waals surface area contributed by atoms with Gasteiger partial charge >= 0.3 is 0 Å². The summed E-state index contributed by atoms with van der Waals surface area (Å²) in [4.78, 5) is 25.7. The number of carbonyl (C=O) groups is 2. The second-order valence-corrected chi connectivity index (χ2v) is 7.15. The van der Waals surface area contributed by atoms with Crippen LogP contribution >= 0.6 is 12.4 Å². The monoisotopic (exact) mass is 333 g/mol. The third-order valence-electron chi connectivity index (χ3n) is 3.78. The summed E-state index contributed by atoms with van der Waals surface area (Å²) in [6.07, 6.45) is 2.55. The molecule has 0 unspecified atom stereocenters. The molecule has 1 saturated heterocycles. The van der Waals surface area contributed by atoms with E-state index in [0.29, 0.717) is 12.3 Å². The number of piperidine rings is 1. The smallest absolute Gasteiger partial charge is 0.241 e. The number of hydrogen-bond donors (Lipinski definition) is 2. The normalized spacial score (nSPS) is 16.1. The molecule has 2 N–H and O–H groups in total. The molecule has 0 spiro atoms. The summed E-state index contributed by atoms with van der Waals surface area (Å²) in [5.41, 5.74) is -0.0439. The van der Waals surface area contributed by atoms with Crippen LogP contribution in [0.3, 0.4) is 0 Å². The molecule has 1 fully saturated rings. The van der Waals surface area contributed by atoms with Crippen LogP contribution in [-0.4, -0.2) is 49.4 Å². The Bertz CT molecular complexity index is 348. The Balaban J connectivity index is 0.00000441. The quantitative estimate of drug-likeness (QED) is 0.779. The first-order valence-electron chi connectivity index (χ1n) is 8.07. The summed E-state index contributed by atoms with van der Waals surface area (Å²) in [7, 11) is 0.